The van der Waals surface area contributed by atoms with Gasteiger partial charge in [0.05, 0.1) is 38.6 Å². The zero-order valence-corrected chi connectivity index (χ0v) is 37.7. The molecule has 2 rings (SSSR count). The summed E-state index contributed by atoms with van der Waals surface area (Å²) in [4.78, 5) is 13.0. The molecule has 0 bridgehead atoms. The number of carbonyl (C=O) groups is 1. The topological polar surface area (TPSA) is 178 Å². The predicted molar refractivity (Wildman–Crippen MR) is 236 cm³/mol. The summed E-state index contributed by atoms with van der Waals surface area (Å²) in [6, 6.07) is -0.986. The monoisotopic (exact) mass is 844 g/mol. The van der Waals surface area contributed by atoms with E-state index in [-0.39, 0.29) is 18.9 Å². The van der Waals surface area contributed by atoms with Gasteiger partial charge in [-0.1, -0.05) is 193 Å². The van der Waals surface area contributed by atoms with Crippen LogP contribution >= 0.6 is 0 Å². The molecule has 8 atom stereocenters. The van der Waals surface area contributed by atoms with Crippen LogP contribution in [0.3, 0.4) is 0 Å². The van der Waals surface area contributed by atoms with Crippen molar-refractivity contribution in [3.63, 3.8) is 0 Å². The van der Waals surface area contributed by atoms with E-state index < -0.39 is 55.6 Å². The van der Waals surface area contributed by atoms with E-state index in [2.05, 4.69) is 12.2 Å². The molecule has 0 aliphatic carbocycles. The van der Waals surface area contributed by atoms with E-state index in [0.29, 0.717) is 6.42 Å². The molecule has 11 nitrogen and oxygen atoms in total. The third-order valence-corrected chi connectivity index (χ3v) is 12.8. The van der Waals surface area contributed by atoms with Gasteiger partial charge in [-0.15, -0.1) is 0 Å². The molecule has 0 radical (unpaired) electrons. The van der Waals surface area contributed by atoms with Gasteiger partial charge in [-0.05, 0) is 19.3 Å². The number of ether oxygens (including phenoxy) is 3. The first kappa shape index (κ1) is 54.2. The van der Waals surface area contributed by atoms with Crippen LogP contribution < -0.4 is 5.32 Å². The first-order chi connectivity index (χ1) is 28.8. The second kappa shape index (κ2) is 36.6. The highest BCUT2D eigenvalue weighted by Gasteiger charge is 2.44. The Morgan fingerprint density at radius 1 is 0.610 bits per heavy atom. The average molecular weight is 844 g/mol. The summed E-state index contributed by atoms with van der Waals surface area (Å²) in [5.74, 6) is 0.598. The second-order valence-corrected chi connectivity index (χ2v) is 18.2. The Balaban J connectivity index is 1.57. The van der Waals surface area contributed by atoms with Gasteiger partial charge in [-0.3, -0.25) is 4.79 Å². The Bertz CT molecular complexity index is 955. The van der Waals surface area contributed by atoms with Crippen LogP contribution in [-0.4, -0.2) is 112 Å². The number of aliphatic hydroxyl groups is 6. The molecule has 0 spiro atoms. The number of aliphatic hydroxyl groups excluding tert-OH is 6. The Morgan fingerprint density at radius 2 is 1.05 bits per heavy atom. The number of rotatable bonds is 41. The highest BCUT2D eigenvalue weighted by atomic mass is 16.7. The molecular weight excluding hydrogens is 751 g/mol. The second-order valence-electron chi connectivity index (χ2n) is 18.2. The van der Waals surface area contributed by atoms with Gasteiger partial charge in [0, 0.05) is 12.3 Å². The summed E-state index contributed by atoms with van der Waals surface area (Å²) in [7, 11) is 0. The van der Waals surface area contributed by atoms with Crippen molar-refractivity contribution in [3.05, 3.63) is 0 Å². The van der Waals surface area contributed by atoms with Crippen LogP contribution in [0.2, 0.25) is 0 Å². The van der Waals surface area contributed by atoms with E-state index in [9.17, 15) is 35.4 Å². The van der Waals surface area contributed by atoms with Gasteiger partial charge in [0.1, 0.15) is 30.5 Å². The fraction of sp³-hybridized carbons (Fsp3) is 0.979. The molecule has 7 N–H and O–H groups in total. The van der Waals surface area contributed by atoms with Crippen molar-refractivity contribution in [3.8, 4) is 0 Å². The van der Waals surface area contributed by atoms with Crippen molar-refractivity contribution in [1.29, 1.82) is 0 Å². The summed E-state index contributed by atoms with van der Waals surface area (Å²) in [5, 5.41) is 65.2. The summed E-state index contributed by atoms with van der Waals surface area (Å²) in [5.41, 5.74) is 0. The minimum Gasteiger partial charge on any atom is -0.394 e. The fourth-order valence-electron chi connectivity index (χ4n) is 8.54. The number of amides is 1. The number of carbonyl (C=O) groups excluding carboxylic acids is 1. The van der Waals surface area contributed by atoms with Crippen LogP contribution in [0.25, 0.3) is 0 Å². The first-order valence-electron chi connectivity index (χ1n) is 24.9. The molecule has 350 valence electrons. The van der Waals surface area contributed by atoms with Crippen molar-refractivity contribution < 1.29 is 49.6 Å². The zero-order chi connectivity index (χ0) is 42.8. The third-order valence-electron chi connectivity index (χ3n) is 12.8. The average Bonchev–Trinajstić information content (AvgIpc) is 3.22. The SMILES string of the molecule is CCCCCCCCCCCCCC[C@@H](O)[C@@H](O)[C@H](COC1OC(CO)C(O)C(O)C1O)NC(=O)CCCCCCCCCCCCCCCCCCCCC1COC1. The number of unbranched alkanes of at least 4 members (excludes halogenated alkanes) is 28. The Morgan fingerprint density at radius 3 is 1.49 bits per heavy atom. The molecule has 2 fully saturated rings. The first-order valence-corrected chi connectivity index (χ1v) is 24.9. The van der Waals surface area contributed by atoms with E-state index in [1.807, 2.05) is 0 Å². The maximum Gasteiger partial charge on any atom is 0.220 e. The van der Waals surface area contributed by atoms with E-state index in [1.54, 1.807) is 0 Å². The number of hydrogen-bond acceptors (Lipinski definition) is 10. The number of hydrogen-bond donors (Lipinski definition) is 7. The summed E-state index contributed by atoms with van der Waals surface area (Å²) < 4.78 is 16.4. The molecule has 2 heterocycles. The minimum atomic E-state index is -1.60. The minimum absolute atomic E-state index is 0.255. The summed E-state index contributed by atoms with van der Waals surface area (Å²) >= 11 is 0. The largest absolute Gasteiger partial charge is 0.394 e. The van der Waals surface area contributed by atoms with Crippen LogP contribution in [0, 0.1) is 5.92 Å². The van der Waals surface area contributed by atoms with E-state index in [1.165, 1.54) is 148 Å². The van der Waals surface area contributed by atoms with Crippen molar-refractivity contribution in [2.24, 2.45) is 5.92 Å². The maximum atomic E-state index is 13.0. The lowest BCUT2D eigenvalue weighted by Gasteiger charge is -2.40. The lowest BCUT2D eigenvalue weighted by Crippen LogP contribution is -2.60. The lowest BCUT2D eigenvalue weighted by molar-refractivity contribution is -0.303. The highest BCUT2D eigenvalue weighted by Crippen LogP contribution is 2.24. The standard InChI is InChI=1S/C48H93NO10/c1-2-3-4-5-6-7-8-18-21-24-27-30-33-41(51)44(53)40(38-58-48-47(56)46(55)45(54)42(35-50)59-48)49-43(52)34-31-28-25-22-19-16-14-12-10-9-11-13-15-17-20-23-26-29-32-39-36-57-37-39/h39-42,44-48,50-51,53-56H,2-38H2,1H3,(H,49,52)/t40-,41+,42?,44-,45?,46?,47?,48?/m0/s1. The molecule has 11 heteroatoms. The van der Waals surface area contributed by atoms with E-state index >= 15 is 0 Å². The van der Waals surface area contributed by atoms with Gasteiger partial charge < -0.3 is 50.2 Å². The van der Waals surface area contributed by atoms with Crippen LogP contribution in [0.5, 0.6) is 0 Å². The van der Waals surface area contributed by atoms with Gasteiger partial charge in [0.15, 0.2) is 6.29 Å². The molecule has 1 amide bonds. The molecular formula is C48H93NO10. The van der Waals surface area contributed by atoms with Gasteiger partial charge >= 0.3 is 0 Å². The van der Waals surface area contributed by atoms with Crippen LogP contribution in [0.15, 0.2) is 0 Å². The van der Waals surface area contributed by atoms with Crippen molar-refractivity contribution in [2.75, 3.05) is 26.4 Å². The fourth-order valence-corrected chi connectivity index (χ4v) is 8.54. The van der Waals surface area contributed by atoms with Gasteiger partial charge in [0.25, 0.3) is 0 Å². The Kier molecular flexibility index (Phi) is 33.6. The van der Waals surface area contributed by atoms with Gasteiger partial charge in [-0.25, -0.2) is 0 Å². The molecule has 2 saturated heterocycles. The summed E-state index contributed by atoms with van der Waals surface area (Å²) in [6.45, 7) is 3.33. The molecule has 59 heavy (non-hydrogen) atoms. The Hall–Kier alpha value is -0.890. The predicted octanol–water partition coefficient (Wildman–Crippen LogP) is 8.55. The van der Waals surface area contributed by atoms with E-state index in [0.717, 1.165) is 70.5 Å². The normalized spacial score (nSPS) is 22.6. The molecule has 0 aromatic heterocycles. The molecule has 0 aromatic rings. The van der Waals surface area contributed by atoms with Crippen molar-refractivity contribution in [2.45, 2.75) is 268 Å². The summed E-state index contributed by atoms with van der Waals surface area (Å²) in [6.07, 6.45) is 29.5. The molecule has 0 saturated carbocycles. The third kappa shape index (κ3) is 26.4. The molecule has 5 unspecified atom stereocenters. The smallest absolute Gasteiger partial charge is 0.220 e. The van der Waals surface area contributed by atoms with Gasteiger partial charge in [-0.2, -0.15) is 0 Å². The maximum absolute atomic E-state index is 13.0. The lowest BCUT2D eigenvalue weighted by atomic mass is 9.98. The van der Waals surface area contributed by atoms with Crippen LogP contribution in [0.4, 0.5) is 0 Å². The van der Waals surface area contributed by atoms with Crippen LogP contribution in [0.1, 0.15) is 219 Å². The number of nitrogens with one attached hydrogen (secondary N) is 1. The molecule has 2 aliphatic rings. The molecule has 2 aliphatic heterocycles. The molecule has 0 aromatic carbocycles. The van der Waals surface area contributed by atoms with E-state index in [4.69, 9.17) is 14.2 Å². The van der Waals surface area contributed by atoms with Crippen molar-refractivity contribution in [1.82, 2.24) is 5.32 Å². The zero-order valence-electron chi connectivity index (χ0n) is 37.7. The van der Waals surface area contributed by atoms with Crippen molar-refractivity contribution >= 4 is 5.91 Å². The Labute approximate surface area is 360 Å². The highest BCUT2D eigenvalue weighted by molar-refractivity contribution is 5.76. The quantitative estimate of drug-likeness (QED) is 0.0295. The van der Waals surface area contributed by atoms with Gasteiger partial charge in [0.2, 0.25) is 5.91 Å². The van der Waals surface area contributed by atoms with Crippen LogP contribution in [-0.2, 0) is 19.0 Å².